The lowest BCUT2D eigenvalue weighted by atomic mass is 9.97. The van der Waals surface area contributed by atoms with Crippen LogP contribution in [0.5, 0.6) is 0 Å². The highest BCUT2D eigenvalue weighted by atomic mass is 16.5. The summed E-state index contributed by atoms with van der Waals surface area (Å²) in [5.41, 5.74) is 4.05. The SMILES string of the molecule is COCCN(Cc1ccc(NC(=O)C2CCCN2)cc1)Cc1ccc(NC(=O)C2CCCC2C)cc1. The molecule has 0 bridgehead atoms. The first-order valence-electron chi connectivity index (χ1n) is 13.3. The molecule has 1 saturated carbocycles. The van der Waals surface area contributed by atoms with Gasteiger partial charge in [-0.2, -0.15) is 0 Å². The van der Waals surface area contributed by atoms with Crippen molar-refractivity contribution >= 4 is 23.2 Å². The molecule has 1 aliphatic carbocycles. The van der Waals surface area contributed by atoms with E-state index in [1.807, 2.05) is 24.3 Å². The zero-order valence-electron chi connectivity index (χ0n) is 21.6. The van der Waals surface area contributed by atoms with Crippen LogP contribution in [-0.2, 0) is 27.4 Å². The van der Waals surface area contributed by atoms with Crippen LogP contribution in [0.3, 0.4) is 0 Å². The van der Waals surface area contributed by atoms with Gasteiger partial charge in [0.2, 0.25) is 11.8 Å². The number of carbonyl (C=O) groups excluding carboxylic acids is 2. The fourth-order valence-corrected chi connectivity index (χ4v) is 5.25. The van der Waals surface area contributed by atoms with Crippen LogP contribution in [0.2, 0.25) is 0 Å². The van der Waals surface area contributed by atoms with Crippen LogP contribution in [-0.4, -0.2) is 49.6 Å². The Hall–Kier alpha value is -2.74. The van der Waals surface area contributed by atoms with Gasteiger partial charge in [0, 0.05) is 44.0 Å². The largest absolute Gasteiger partial charge is 0.383 e. The second kappa shape index (κ2) is 13.0. The molecule has 194 valence electrons. The third-order valence-corrected chi connectivity index (χ3v) is 7.44. The Kier molecular flexibility index (Phi) is 9.50. The molecule has 2 aromatic carbocycles. The second-order valence-electron chi connectivity index (χ2n) is 10.2. The molecule has 3 N–H and O–H groups in total. The van der Waals surface area contributed by atoms with Crippen LogP contribution < -0.4 is 16.0 Å². The van der Waals surface area contributed by atoms with E-state index in [1.54, 1.807) is 7.11 Å². The molecule has 7 heteroatoms. The molecule has 0 spiro atoms. The number of hydrogen-bond acceptors (Lipinski definition) is 5. The third kappa shape index (κ3) is 7.38. The van der Waals surface area contributed by atoms with E-state index >= 15 is 0 Å². The summed E-state index contributed by atoms with van der Waals surface area (Å²) in [7, 11) is 1.72. The minimum Gasteiger partial charge on any atom is -0.383 e. The number of nitrogens with one attached hydrogen (secondary N) is 3. The van der Waals surface area contributed by atoms with E-state index in [4.69, 9.17) is 4.74 Å². The molecular formula is C29H40N4O3. The predicted octanol–water partition coefficient (Wildman–Crippen LogP) is 4.40. The van der Waals surface area contributed by atoms with Crippen molar-refractivity contribution < 1.29 is 14.3 Å². The van der Waals surface area contributed by atoms with Crippen molar-refractivity contribution in [1.82, 2.24) is 10.2 Å². The maximum atomic E-state index is 12.6. The maximum Gasteiger partial charge on any atom is 0.241 e. The first kappa shape index (κ1) is 26.3. The molecular weight excluding hydrogens is 452 g/mol. The van der Waals surface area contributed by atoms with Crippen molar-refractivity contribution in [3.05, 3.63) is 59.7 Å². The average Bonchev–Trinajstić information content (AvgIpc) is 3.57. The van der Waals surface area contributed by atoms with Crippen molar-refractivity contribution in [1.29, 1.82) is 0 Å². The van der Waals surface area contributed by atoms with Crippen molar-refractivity contribution in [2.24, 2.45) is 11.8 Å². The van der Waals surface area contributed by atoms with Gasteiger partial charge in [-0.15, -0.1) is 0 Å². The monoisotopic (exact) mass is 492 g/mol. The van der Waals surface area contributed by atoms with E-state index in [-0.39, 0.29) is 23.8 Å². The topological polar surface area (TPSA) is 82.7 Å². The average molecular weight is 493 g/mol. The Morgan fingerprint density at radius 1 is 0.889 bits per heavy atom. The molecule has 4 rings (SSSR count). The van der Waals surface area contributed by atoms with E-state index in [0.717, 1.165) is 69.7 Å². The number of nitrogens with zero attached hydrogens (tertiary/aromatic N) is 1. The number of ether oxygens (including phenoxy) is 1. The Morgan fingerprint density at radius 2 is 1.50 bits per heavy atom. The van der Waals surface area contributed by atoms with E-state index in [1.165, 1.54) is 11.1 Å². The minimum absolute atomic E-state index is 0.0411. The standard InChI is InChI=1S/C29H40N4O3/c1-21-5-3-6-26(21)28(34)31-24-12-8-22(9-13-24)19-33(17-18-36-2)20-23-10-14-25(15-11-23)32-29(35)27-7-4-16-30-27/h8-15,21,26-27,30H,3-7,16-20H2,1-2H3,(H,31,34)(H,32,35). The molecule has 36 heavy (non-hydrogen) atoms. The van der Waals surface area contributed by atoms with Crippen molar-refractivity contribution in [3.8, 4) is 0 Å². The molecule has 1 aliphatic heterocycles. The Labute approximate surface area is 215 Å². The number of methoxy groups -OCH3 is 1. The van der Waals surface area contributed by atoms with Crippen LogP contribution in [0.15, 0.2) is 48.5 Å². The molecule has 2 fully saturated rings. The molecule has 2 aromatic rings. The zero-order chi connectivity index (χ0) is 25.3. The molecule has 1 saturated heterocycles. The zero-order valence-corrected chi connectivity index (χ0v) is 21.6. The number of anilines is 2. The van der Waals surface area contributed by atoms with Gasteiger partial charge in [-0.3, -0.25) is 14.5 Å². The molecule has 2 aliphatic rings. The number of amides is 2. The molecule has 3 atom stereocenters. The normalized spacial score (nSPS) is 21.6. The minimum atomic E-state index is -0.0832. The lowest BCUT2D eigenvalue weighted by Gasteiger charge is -2.23. The van der Waals surface area contributed by atoms with E-state index in [2.05, 4.69) is 52.0 Å². The molecule has 3 unspecified atom stereocenters. The molecule has 0 aromatic heterocycles. The van der Waals surface area contributed by atoms with Crippen molar-refractivity contribution in [2.75, 3.05) is 37.4 Å². The number of rotatable bonds is 11. The van der Waals surface area contributed by atoms with Gasteiger partial charge >= 0.3 is 0 Å². The van der Waals surface area contributed by atoms with Gasteiger partial charge in [0.1, 0.15) is 0 Å². The van der Waals surface area contributed by atoms with Gasteiger partial charge in [0.05, 0.1) is 12.6 Å². The summed E-state index contributed by atoms with van der Waals surface area (Å²) >= 11 is 0. The fraction of sp³-hybridized carbons (Fsp3) is 0.517. The van der Waals surface area contributed by atoms with Crippen LogP contribution >= 0.6 is 0 Å². The summed E-state index contributed by atoms with van der Waals surface area (Å²) < 4.78 is 5.34. The highest BCUT2D eigenvalue weighted by Gasteiger charge is 2.29. The van der Waals surface area contributed by atoms with E-state index < -0.39 is 0 Å². The Morgan fingerprint density at radius 3 is 2.00 bits per heavy atom. The molecule has 1 heterocycles. The van der Waals surface area contributed by atoms with E-state index in [0.29, 0.717) is 12.5 Å². The van der Waals surface area contributed by atoms with Gasteiger partial charge in [-0.25, -0.2) is 0 Å². The number of hydrogen-bond donors (Lipinski definition) is 3. The van der Waals surface area contributed by atoms with Crippen molar-refractivity contribution in [3.63, 3.8) is 0 Å². The van der Waals surface area contributed by atoms with Gasteiger partial charge in [0.15, 0.2) is 0 Å². The summed E-state index contributed by atoms with van der Waals surface area (Å²) in [5.74, 6) is 0.787. The second-order valence-corrected chi connectivity index (χ2v) is 10.2. The van der Waals surface area contributed by atoms with E-state index in [9.17, 15) is 9.59 Å². The first-order chi connectivity index (χ1) is 17.5. The smallest absolute Gasteiger partial charge is 0.241 e. The van der Waals surface area contributed by atoms with Crippen LogP contribution in [0.25, 0.3) is 0 Å². The fourth-order valence-electron chi connectivity index (χ4n) is 5.25. The van der Waals surface area contributed by atoms with Gasteiger partial charge in [0.25, 0.3) is 0 Å². The molecule has 0 radical (unpaired) electrons. The number of benzene rings is 2. The summed E-state index contributed by atoms with van der Waals surface area (Å²) in [6.07, 6.45) is 5.22. The lowest BCUT2D eigenvalue weighted by molar-refractivity contribution is -0.120. The molecule has 7 nitrogen and oxygen atoms in total. The lowest BCUT2D eigenvalue weighted by Crippen LogP contribution is -2.35. The highest BCUT2D eigenvalue weighted by molar-refractivity contribution is 5.95. The van der Waals surface area contributed by atoms with Crippen LogP contribution in [0.4, 0.5) is 11.4 Å². The highest BCUT2D eigenvalue weighted by Crippen LogP contribution is 2.32. The first-order valence-corrected chi connectivity index (χ1v) is 13.3. The van der Waals surface area contributed by atoms with Crippen LogP contribution in [0.1, 0.15) is 50.2 Å². The van der Waals surface area contributed by atoms with Gasteiger partial charge in [-0.1, -0.05) is 37.6 Å². The number of carbonyl (C=O) groups is 2. The third-order valence-electron chi connectivity index (χ3n) is 7.44. The molecule has 2 amide bonds. The van der Waals surface area contributed by atoms with Gasteiger partial charge < -0.3 is 20.7 Å². The summed E-state index contributed by atoms with van der Waals surface area (Å²) in [4.78, 5) is 27.3. The quantitative estimate of drug-likeness (QED) is 0.433. The Balaban J connectivity index is 1.31. The predicted molar refractivity (Wildman–Crippen MR) is 144 cm³/mol. The van der Waals surface area contributed by atoms with Gasteiger partial charge in [-0.05, 0) is 73.5 Å². The summed E-state index contributed by atoms with van der Waals surface area (Å²) in [6.45, 7) is 6.09. The summed E-state index contributed by atoms with van der Waals surface area (Å²) in [6, 6.07) is 16.2. The Bertz CT molecular complexity index is 987. The van der Waals surface area contributed by atoms with Crippen molar-refractivity contribution in [2.45, 2.75) is 58.2 Å². The maximum absolute atomic E-state index is 12.6. The summed E-state index contributed by atoms with van der Waals surface area (Å²) in [5, 5.41) is 9.34. The van der Waals surface area contributed by atoms with Crippen LogP contribution in [0, 0.1) is 11.8 Å².